The van der Waals surface area contributed by atoms with Gasteiger partial charge in [-0.2, -0.15) is 4.37 Å². The van der Waals surface area contributed by atoms with Crippen LogP contribution in [0.25, 0.3) is 0 Å². The predicted octanol–water partition coefficient (Wildman–Crippen LogP) is 3.24. The van der Waals surface area contributed by atoms with Crippen molar-refractivity contribution in [1.29, 1.82) is 0 Å². The molecule has 0 bridgehead atoms. The Morgan fingerprint density at radius 2 is 2.11 bits per heavy atom. The van der Waals surface area contributed by atoms with Gasteiger partial charge in [0, 0.05) is 25.3 Å². The second-order valence-corrected chi connectivity index (χ2v) is 5.97. The zero-order valence-corrected chi connectivity index (χ0v) is 13.0. The first-order valence-electron chi connectivity index (χ1n) is 7.23. The lowest BCUT2D eigenvalue weighted by molar-refractivity contribution is 0.202. The van der Waals surface area contributed by atoms with Crippen molar-refractivity contribution >= 4 is 22.4 Å². The average Bonchev–Trinajstić information content (AvgIpc) is 3.18. The molecule has 5 heteroatoms. The van der Waals surface area contributed by atoms with Crippen LogP contribution in [0.2, 0.25) is 0 Å². The summed E-state index contributed by atoms with van der Waals surface area (Å²) in [4.78, 5) is 2.46. The van der Waals surface area contributed by atoms with Crippen molar-refractivity contribution in [1.82, 2.24) is 4.37 Å². The molecule has 0 atom stereocenters. The Balaban J connectivity index is 2.25. The first kappa shape index (κ1) is 14.6. The molecule has 1 heterocycles. The lowest BCUT2D eigenvalue weighted by atomic mass is 10.1. The van der Waals surface area contributed by atoms with Gasteiger partial charge in [-0.15, -0.1) is 0 Å². The quantitative estimate of drug-likeness (QED) is 0.795. The van der Waals surface area contributed by atoms with Gasteiger partial charge in [0.1, 0.15) is 10.8 Å². The summed E-state index contributed by atoms with van der Waals surface area (Å²) in [6.07, 6.45) is 4.80. The van der Waals surface area contributed by atoms with Crippen molar-refractivity contribution in [2.24, 2.45) is 0 Å². The number of nitrogens with two attached hydrogens (primary N) is 1. The molecule has 0 spiro atoms. The zero-order chi connectivity index (χ0) is 13.8. The van der Waals surface area contributed by atoms with E-state index >= 15 is 0 Å². The second-order valence-electron chi connectivity index (χ2n) is 5.22. The molecule has 4 nitrogen and oxygen atoms in total. The van der Waals surface area contributed by atoms with Crippen LogP contribution in [0.4, 0.5) is 10.8 Å². The number of hydrogen-bond acceptors (Lipinski definition) is 5. The predicted molar refractivity (Wildman–Crippen MR) is 82.1 cm³/mol. The molecule has 0 aromatic carbocycles. The molecule has 0 aliphatic heterocycles. The van der Waals surface area contributed by atoms with Crippen molar-refractivity contribution in [3.05, 3.63) is 5.56 Å². The average molecular weight is 283 g/mol. The van der Waals surface area contributed by atoms with Crippen molar-refractivity contribution in [3.63, 3.8) is 0 Å². The van der Waals surface area contributed by atoms with Gasteiger partial charge in [-0.05, 0) is 43.1 Å². The fourth-order valence-electron chi connectivity index (χ4n) is 2.63. The molecule has 1 aromatic heterocycles. The van der Waals surface area contributed by atoms with Gasteiger partial charge in [0.15, 0.2) is 0 Å². The van der Waals surface area contributed by atoms with Gasteiger partial charge in [0.2, 0.25) is 0 Å². The minimum Gasteiger partial charge on any atom is -0.383 e. The highest BCUT2D eigenvalue weighted by atomic mass is 32.1. The molecule has 1 aliphatic carbocycles. The Kier molecular flexibility index (Phi) is 5.05. The molecule has 0 radical (unpaired) electrons. The molecule has 1 aliphatic rings. The number of nitrogens with zero attached hydrogens (tertiary/aromatic N) is 2. The third-order valence-corrected chi connectivity index (χ3v) is 4.82. The lowest BCUT2D eigenvalue weighted by Gasteiger charge is -2.31. The van der Waals surface area contributed by atoms with E-state index in [0.29, 0.717) is 12.0 Å². The van der Waals surface area contributed by atoms with Crippen LogP contribution in [0, 0.1) is 0 Å². The van der Waals surface area contributed by atoms with Crippen LogP contribution in [0.3, 0.4) is 0 Å². The standard InChI is InChI=1S/C14H25N3OS/c1-4-11(5-2)17(8-9-18-3)14-12(10-6-7-10)13(15)16-19-14/h10-11H,4-9H2,1-3H3,(H2,15,16). The van der Waals surface area contributed by atoms with E-state index in [2.05, 4.69) is 23.1 Å². The number of rotatable bonds is 8. The van der Waals surface area contributed by atoms with E-state index in [0.717, 1.165) is 31.8 Å². The summed E-state index contributed by atoms with van der Waals surface area (Å²) in [6.45, 7) is 6.16. The monoisotopic (exact) mass is 283 g/mol. The maximum absolute atomic E-state index is 6.07. The fraction of sp³-hybridized carbons (Fsp3) is 0.786. The van der Waals surface area contributed by atoms with Gasteiger partial charge in [0.05, 0.1) is 6.61 Å². The molecule has 108 valence electrons. The van der Waals surface area contributed by atoms with Gasteiger partial charge in [0.25, 0.3) is 0 Å². The molecule has 1 aromatic rings. The van der Waals surface area contributed by atoms with Crippen LogP contribution in [-0.4, -0.2) is 30.7 Å². The van der Waals surface area contributed by atoms with E-state index in [9.17, 15) is 0 Å². The molecule has 2 rings (SSSR count). The summed E-state index contributed by atoms with van der Waals surface area (Å²) in [5.74, 6) is 1.39. The third kappa shape index (κ3) is 3.20. The Hall–Kier alpha value is -0.810. The summed E-state index contributed by atoms with van der Waals surface area (Å²) < 4.78 is 9.66. The van der Waals surface area contributed by atoms with Gasteiger partial charge >= 0.3 is 0 Å². The van der Waals surface area contributed by atoms with Gasteiger partial charge in [-0.3, -0.25) is 0 Å². The number of hydrogen-bond donors (Lipinski definition) is 1. The van der Waals surface area contributed by atoms with Gasteiger partial charge in [-0.1, -0.05) is 13.8 Å². The maximum Gasteiger partial charge on any atom is 0.142 e. The summed E-state index contributed by atoms with van der Waals surface area (Å²) >= 11 is 1.56. The van der Waals surface area contributed by atoms with Crippen LogP contribution >= 0.6 is 11.5 Å². The molecule has 0 unspecified atom stereocenters. The normalized spacial score (nSPS) is 15.2. The molecule has 1 fully saturated rings. The topological polar surface area (TPSA) is 51.4 Å². The fourth-order valence-corrected chi connectivity index (χ4v) is 3.63. The highest BCUT2D eigenvalue weighted by Crippen LogP contribution is 2.49. The third-order valence-electron chi connectivity index (χ3n) is 3.90. The van der Waals surface area contributed by atoms with Crippen LogP contribution < -0.4 is 10.6 Å². The van der Waals surface area contributed by atoms with Crippen molar-refractivity contribution < 1.29 is 4.74 Å². The Morgan fingerprint density at radius 1 is 1.42 bits per heavy atom. The maximum atomic E-state index is 6.07. The van der Waals surface area contributed by atoms with Crippen LogP contribution in [0.5, 0.6) is 0 Å². The van der Waals surface area contributed by atoms with E-state index in [-0.39, 0.29) is 0 Å². The van der Waals surface area contributed by atoms with Crippen LogP contribution in [-0.2, 0) is 4.74 Å². The van der Waals surface area contributed by atoms with E-state index in [1.165, 1.54) is 23.4 Å². The molecule has 1 saturated carbocycles. The van der Waals surface area contributed by atoms with Crippen LogP contribution in [0.15, 0.2) is 0 Å². The first-order valence-corrected chi connectivity index (χ1v) is 8.00. The van der Waals surface area contributed by atoms with Crippen molar-refractivity contribution in [2.75, 3.05) is 30.9 Å². The molecular formula is C14H25N3OS. The summed E-state index contributed by atoms with van der Waals surface area (Å²) in [5.41, 5.74) is 7.37. The van der Waals surface area contributed by atoms with Crippen molar-refractivity contribution in [3.8, 4) is 0 Å². The van der Waals surface area contributed by atoms with Gasteiger partial charge in [-0.25, -0.2) is 0 Å². The van der Waals surface area contributed by atoms with Crippen LogP contribution in [0.1, 0.15) is 51.0 Å². The molecule has 0 saturated heterocycles. The minimum absolute atomic E-state index is 0.549. The Labute approximate surface area is 120 Å². The molecule has 2 N–H and O–H groups in total. The smallest absolute Gasteiger partial charge is 0.142 e. The number of methoxy groups -OCH3 is 1. The number of nitrogen functional groups attached to an aromatic ring is 1. The summed E-state index contributed by atoms with van der Waals surface area (Å²) in [5, 5.41) is 1.28. The van der Waals surface area contributed by atoms with E-state index in [1.54, 1.807) is 18.6 Å². The first-order chi connectivity index (χ1) is 9.22. The van der Waals surface area contributed by atoms with Gasteiger partial charge < -0.3 is 15.4 Å². The SMILES string of the molecule is CCC(CC)N(CCOC)c1snc(N)c1C1CC1. The summed E-state index contributed by atoms with van der Waals surface area (Å²) in [6, 6.07) is 0.549. The number of ether oxygens (including phenoxy) is 1. The largest absolute Gasteiger partial charge is 0.383 e. The molecule has 19 heavy (non-hydrogen) atoms. The molecular weight excluding hydrogens is 258 g/mol. The van der Waals surface area contributed by atoms with E-state index < -0.39 is 0 Å². The number of anilines is 2. The second kappa shape index (κ2) is 6.57. The Morgan fingerprint density at radius 3 is 2.63 bits per heavy atom. The van der Waals surface area contributed by atoms with Crippen molar-refractivity contribution in [2.45, 2.75) is 51.5 Å². The highest BCUT2D eigenvalue weighted by Gasteiger charge is 2.33. The number of aromatic nitrogens is 1. The highest BCUT2D eigenvalue weighted by molar-refractivity contribution is 7.10. The minimum atomic E-state index is 0.549. The Bertz CT molecular complexity index is 399. The lowest BCUT2D eigenvalue weighted by Crippen LogP contribution is -2.37. The van der Waals surface area contributed by atoms with E-state index in [1.807, 2.05) is 0 Å². The van der Waals surface area contributed by atoms with E-state index in [4.69, 9.17) is 10.5 Å². The molecule has 0 amide bonds. The summed E-state index contributed by atoms with van der Waals surface area (Å²) in [7, 11) is 1.76. The zero-order valence-electron chi connectivity index (χ0n) is 12.2.